The van der Waals surface area contributed by atoms with E-state index >= 15 is 0 Å². The second kappa shape index (κ2) is 4.96. The van der Waals surface area contributed by atoms with Crippen LogP contribution >= 0.6 is 0 Å². The van der Waals surface area contributed by atoms with Crippen molar-refractivity contribution in [2.45, 2.75) is 12.4 Å². The highest BCUT2D eigenvalue weighted by atomic mass is 32.2. The van der Waals surface area contributed by atoms with Gasteiger partial charge in [0.2, 0.25) is 0 Å². The Morgan fingerprint density at radius 1 is 1.36 bits per heavy atom. The molecular weight excluding hydrogens is 229 g/mol. The van der Waals surface area contributed by atoms with E-state index in [2.05, 4.69) is 6.58 Å². The number of rotatable bonds is 1. The predicted octanol–water partition coefficient (Wildman–Crippen LogP) is 1.04. The number of alkyl halides is 3. The average Bonchev–Trinajstić information content (AvgIpc) is 1.83. The Morgan fingerprint density at radius 2 is 1.50 bits per heavy atom. The van der Waals surface area contributed by atoms with Gasteiger partial charge in [-0.1, -0.05) is 6.58 Å². The first-order valence-electron chi connectivity index (χ1n) is 2.82. The van der Waals surface area contributed by atoms with Crippen molar-refractivity contribution in [2.24, 2.45) is 0 Å². The number of carbonyl (C=O) groups is 1. The summed E-state index contributed by atoms with van der Waals surface area (Å²) in [4.78, 5) is 9.60. The highest BCUT2D eigenvalue weighted by molar-refractivity contribution is 7.86. The van der Waals surface area contributed by atoms with Crippen molar-refractivity contribution in [3.05, 3.63) is 12.2 Å². The van der Waals surface area contributed by atoms with Crippen molar-refractivity contribution in [1.82, 2.24) is 0 Å². The molecule has 0 radical (unpaired) electrons. The maximum Gasteiger partial charge on any atom is 0.522 e. The number of halogens is 3. The molecule has 0 saturated carbocycles. The molecule has 0 fully saturated rings. The van der Waals surface area contributed by atoms with Crippen LogP contribution in [0.25, 0.3) is 0 Å². The minimum Gasteiger partial charge on any atom is -0.478 e. The minimum atomic E-state index is -5.84. The fraction of sp³-hybridized carbons (Fsp3) is 0.400. The Morgan fingerprint density at radius 3 is 1.50 bits per heavy atom. The van der Waals surface area contributed by atoms with Gasteiger partial charge in [0.05, 0.1) is 0 Å². The first-order valence-corrected chi connectivity index (χ1v) is 4.26. The zero-order valence-corrected chi connectivity index (χ0v) is 7.68. The maximum absolute atomic E-state index is 10.7. The lowest BCUT2D eigenvalue weighted by atomic mass is 10.4. The molecule has 0 aliphatic carbocycles. The summed E-state index contributed by atoms with van der Waals surface area (Å²) >= 11 is 0. The Hall–Kier alpha value is -1.09. The van der Waals surface area contributed by atoms with Gasteiger partial charge in [0.25, 0.3) is 0 Å². The summed E-state index contributed by atoms with van der Waals surface area (Å²) in [6, 6.07) is 0. The predicted molar refractivity (Wildman–Crippen MR) is 40.1 cm³/mol. The highest BCUT2D eigenvalue weighted by Gasteiger charge is 2.44. The molecule has 0 aliphatic heterocycles. The SMILES string of the molecule is C=C(C)C(=O)O.O=S(=O)(O)C(F)(F)F. The van der Waals surface area contributed by atoms with Crippen LogP contribution in [0.5, 0.6) is 0 Å². The molecule has 0 aromatic heterocycles. The van der Waals surface area contributed by atoms with E-state index in [1.807, 2.05) is 0 Å². The van der Waals surface area contributed by atoms with Crippen molar-refractivity contribution in [2.75, 3.05) is 0 Å². The van der Waals surface area contributed by atoms with E-state index in [1.54, 1.807) is 0 Å². The van der Waals surface area contributed by atoms with Crippen LogP contribution in [0, 0.1) is 0 Å². The fourth-order valence-electron chi connectivity index (χ4n) is 0. The smallest absolute Gasteiger partial charge is 0.478 e. The monoisotopic (exact) mass is 236 g/mol. The third-order valence-electron chi connectivity index (χ3n) is 0.658. The number of carboxylic acids is 1. The molecule has 0 rings (SSSR count). The Bertz CT molecular complexity index is 303. The van der Waals surface area contributed by atoms with E-state index in [4.69, 9.17) is 18.1 Å². The molecule has 0 aromatic carbocycles. The molecule has 2 N–H and O–H groups in total. The number of carboxylic acid groups (broad SMARTS) is 1. The van der Waals surface area contributed by atoms with Crippen LogP contribution < -0.4 is 0 Å². The second-order valence-electron chi connectivity index (χ2n) is 2.01. The van der Waals surface area contributed by atoms with Crippen LogP contribution in [-0.2, 0) is 14.9 Å². The van der Waals surface area contributed by atoms with E-state index < -0.39 is 21.6 Å². The van der Waals surface area contributed by atoms with Gasteiger partial charge >= 0.3 is 21.6 Å². The fourth-order valence-corrected chi connectivity index (χ4v) is 0. The molecule has 0 atom stereocenters. The van der Waals surface area contributed by atoms with Crippen molar-refractivity contribution in [1.29, 1.82) is 0 Å². The Kier molecular flexibility index (Phi) is 5.45. The standard InChI is InChI=1S/C4H6O2.CHF3O3S/c1-3(2)4(5)6;2-1(3,4)8(5,6)7/h1H2,2H3,(H,5,6);(H,5,6,7). The van der Waals surface area contributed by atoms with E-state index in [1.165, 1.54) is 6.92 Å². The summed E-state index contributed by atoms with van der Waals surface area (Å²) in [5.41, 5.74) is -5.36. The van der Waals surface area contributed by atoms with Crippen LogP contribution in [-0.4, -0.2) is 29.6 Å². The first kappa shape index (κ1) is 15.4. The normalized spacial score (nSPS) is 11.2. The van der Waals surface area contributed by atoms with Crippen LogP contribution in [0.2, 0.25) is 0 Å². The van der Waals surface area contributed by atoms with Gasteiger partial charge in [-0.2, -0.15) is 21.6 Å². The zero-order chi connectivity index (χ0) is 12.2. The summed E-state index contributed by atoms with van der Waals surface area (Å²) in [5.74, 6) is -0.935. The Balaban J connectivity index is 0. The van der Waals surface area contributed by atoms with Gasteiger partial charge < -0.3 is 5.11 Å². The summed E-state index contributed by atoms with van der Waals surface area (Å²) in [6.45, 7) is 4.60. The lowest BCUT2D eigenvalue weighted by Crippen LogP contribution is -2.21. The number of hydrogen-bond donors (Lipinski definition) is 2. The van der Waals surface area contributed by atoms with Crippen LogP contribution in [0.1, 0.15) is 6.92 Å². The van der Waals surface area contributed by atoms with Crippen molar-refractivity contribution in [3.8, 4) is 0 Å². The highest BCUT2D eigenvalue weighted by Crippen LogP contribution is 2.20. The molecule has 9 heteroatoms. The van der Waals surface area contributed by atoms with E-state index in [-0.39, 0.29) is 5.57 Å². The lowest BCUT2D eigenvalue weighted by Gasteiger charge is -1.97. The van der Waals surface area contributed by atoms with E-state index in [0.717, 1.165) is 0 Å². The van der Waals surface area contributed by atoms with Crippen molar-refractivity contribution < 1.29 is 36.0 Å². The topological polar surface area (TPSA) is 91.7 Å². The molecule has 14 heavy (non-hydrogen) atoms. The van der Waals surface area contributed by atoms with Gasteiger partial charge in [-0.25, -0.2) is 4.79 Å². The minimum absolute atomic E-state index is 0.176. The third kappa shape index (κ3) is 7.55. The summed E-state index contributed by atoms with van der Waals surface area (Å²) in [6.07, 6.45) is 0. The maximum atomic E-state index is 10.7. The van der Waals surface area contributed by atoms with Gasteiger partial charge in [-0.3, -0.25) is 4.55 Å². The molecule has 0 bridgehead atoms. The van der Waals surface area contributed by atoms with Crippen LogP contribution in [0.4, 0.5) is 13.2 Å². The average molecular weight is 236 g/mol. The molecule has 0 aromatic rings. The number of hydrogen-bond acceptors (Lipinski definition) is 3. The first-order chi connectivity index (χ1) is 5.89. The van der Waals surface area contributed by atoms with Gasteiger partial charge in [-0.05, 0) is 6.92 Å². The zero-order valence-electron chi connectivity index (χ0n) is 6.87. The molecular formula is C5H7F3O5S. The molecule has 0 spiro atoms. The van der Waals surface area contributed by atoms with E-state index in [0.29, 0.717) is 0 Å². The molecule has 0 unspecified atom stereocenters. The third-order valence-corrected chi connectivity index (χ3v) is 1.24. The molecule has 84 valence electrons. The van der Waals surface area contributed by atoms with Crippen molar-refractivity contribution >= 4 is 16.1 Å². The summed E-state index contributed by atoms with van der Waals surface area (Å²) in [7, 11) is -5.84. The quantitative estimate of drug-likeness (QED) is 0.403. The van der Waals surface area contributed by atoms with E-state index in [9.17, 15) is 18.0 Å². The second-order valence-corrected chi connectivity index (χ2v) is 3.42. The van der Waals surface area contributed by atoms with Gasteiger partial charge in [0, 0.05) is 5.57 Å². The van der Waals surface area contributed by atoms with Crippen LogP contribution in [0.15, 0.2) is 12.2 Å². The lowest BCUT2D eigenvalue weighted by molar-refractivity contribution is -0.132. The molecule has 0 amide bonds. The van der Waals surface area contributed by atoms with Gasteiger partial charge in [0.15, 0.2) is 0 Å². The molecule has 0 heterocycles. The van der Waals surface area contributed by atoms with Crippen molar-refractivity contribution in [3.63, 3.8) is 0 Å². The number of aliphatic carboxylic acids is 1. The summed E-state index contributed by atoms with van der Waals surface area (Å²) < 4.78 is 57.5. The summed E-state index contributed by atoms with van der Waals surface area (Å²) in [5, 5.41) is 7.89. The molecule has 5 nitrogen and oxygen atoms in total. The molecule has 0 aliphatic rings. The molecule has 0 saturated heterocycles. The van der Waals surface area contributed by atoms with Gasteiger partial charge in [0.1, 0.15) is 0 Å². The van der Waals surface area contributed by atoms with Gasteiger partial charge in [-0.15, -0.1) is 0 Å². The Labute approximate surface area is 77.6 Å². The largest absolute Gasteiger partial charge is 0.522 e. The van der Waals surface area contributed by atoms with Crippen LogP contribution in [0.3, 0.4) is 0 Å².